The molecule has 4 nitrogen and oxygen atoms in total. The Morgan fingerprint density at radius 2 is 1.37 bits per heavy atom. The lowest BCUT2D eigenvalue weighted by Crippen LogP contribution is -2.35. The number of benzene rings is 3. The Morgan fingerprint density at radius 1 is 0.833 bits per heavy atom. The summed E-state index contributed by atoms with van der Waals surface area (Å²) in [7, 11) is 3.23. The minimum Gasteiger partial charge on any atom is -0.493 e. The minimum atomic E-state index is -0.240. The molecule has 0 fully saturated rings. The quantitative estimate of drug-likeness (QED) is 0.433. The molecule has 0 spiro atoms. The number of ether oxygens (including phenoxy) is 2. The van der Waals surface area contributed by atoms with Crippen molar-refractivity contribution < 1.29 is 14.3 Å². The van der Waals surface area contributed by atoms with Crippen molar-refractivity contribution in [2.45, 2.75) is 30.2 Å². The van der Waals surface area contributed by atoms with Crippen LogP contribution in [0.15, 0.2) is 83.8 Å². The number of carbonyl (C=O) groups excluding carboxylic acids is 1. The van der Waals surface area contributed by atoms with Crippen molar-refractivity contribution in [2.24, 2.45) is 0 Å². The van der Waals surface area contributed by atoms with Gasteiger partial charge in [-0.15, -0.1) is 11.8 Å². The molecule has 1 atom stereocenters. The van der Waals surface area contributed by atoms with E-state index in [4.69, 9.17) is 9.47 Å². The fourth-order valence-corrected chi connectivity index (χ4v) is 4.20. The van der Waals surface area contributed by atoms with E-state index in [-0.39, 0.29) is 11.2 Å². The predicted molar refractivity (Wildman–Crippen MR) is 122 cm³/mol. The van der Waals surface area contributed by atoms with Crippen LogP contribution in [0.3, 0.4) is 0 Å². The van der Waals surface area contributed by atoms with Gasteiger partial charge in [0, 0.05) is 18.0 Å². The molecule has 3 aromatic rings. The summed E-state index contributed by atoms with van der Waals surface area (Å²) in [5, 5.41) is -0.240. The highest BCUT2D eigenvalue weighted by Gasteiger charge is 2.22. The summed E-state index contributed by atoms with van der Waals surface area (Å²) in [6.07, 6.45) is 0. The Morgan fingerprint density at radius 3 is 1.87 bits per heavy atom. The van der Waals surface area contributed by atoms with Crippen LogP contribution in [0.4, 0.5) is 0 Å². The summed E-state index contributed by atoms with van der Waals surface area (Å²) in [6.45, 7) is 3.10. The van der Waals surface area contributed by atoms with E-state index in [1.807, 2.05) is 66.4 Å². The zero-order chi connectivity index (χ0) is 21.3. The number of methoxy groups -OCH3 is 2. The lowest BCUT2D eigenvalue weighted by molar-refractivity contribution is -0.131. The van der Waals surface area contributed by atoms with Gasteiger partial charge in [0.15, 0.2) is 11.5 Å². The van der Waals surface area contributed by atoms with Gasteiger partial charge in [-0.05, 0) is 36.2 Å². The van der Waals surface area contributed by atoms with Crippen molar-refractivity contribution in [3.8, 4) is 11.5 Å². The molecule has 3 rings (SSSR count). The average Bonchev–Trinajstić information content (AvgIpc) is 2.79. The van der Waals surface area contributed by atoms with Crippen LogP contribution in [-0.4, -0.2) is 30.3 Å². The average molecular weight is 422 g/mol. The Hall–Kier alpha value is -2.92. The molecule has 0 saturated heterocycles. The lowest BCUT2D eigenvalue weighted by Gasteiger charge is -2.26. The van der Waals surface area contributed by atoms with E-state index in [1.54, 1.807) is 14.2 Å². The first kappa shape index (κ1) is 21.8. The van der Waals surface area contributed by atoms with Gasteiger partial charge in [0.2, 0.25) is 5.91 Å². The molecule has 0 aliphatic carbocycles. The zero-order valence-electron chi connectivity index (χ0n) is 17.6. The second kappa shape index (κ2) is 10.7. The van der Waals surface area contributed by atoms with E-state index in [0.29, 0.717) is 24.6 Å². The fourth-order valence-electron chi connectivity index (χ4n) is 3.22. The summed E-state index contributed by atoms with van der Waals surface area (Å²) in [5.74, 6) is 1.44. The third-order valence-electron chi connectivity index (χ3n) is 4.76. The minimum absolute atomic E-state index is 0.0995. The molecule has 0 unspecified atom stereocenters. The molecule has 0 saturated carbocycles. The third kappa shape index (κ3) is 5.80. The van der Waals surface area contributed by atoms with Crippen LogP contribution in [0.1, 0.15) is 18.1 Å². The topological polar surface area (TPSA) is 38.8 Å². The normalized spacial score (nSPS) is 11.6. The Labute approximate surface area is 182 Å². The number of rotatable bonds is 9. The summed E-state index contributed by atoms with van der Waals surface area (Å²) in [5.41, 5.74) is 2.23. The third-order valence-corrected chi connectivity index (χ3v) is 5.84. The molecule has 30 heavy (non-hydrogen) atoms. The van der Waals surface area contributed by atoms with Crippen LogP contribution in [0, 0.1) is 0 Å². The summed E-state index contributed by atoms with van der Waals surface area (Å²) in [6, 6.07) is 25.9. The predicted octanol–water partition coefficient (Wildman–Crippen LogP) is 5.41. The van der Waals surface area contributed by atoms with Crippen molar-refractivity contribution in [3.63, 3.8) is 0 Å². The molecular formula is C25H27NO3S. The van der Waals surface area contributed by atoms with E-state index < -0.39 is 0 Å². The maximum absolute atomic E-state index is 13.4. The highest BCUT2D eigenvalue weighted by Crippen LogP contribution is 2.34. The molecular weight excluding hydrogens is 394 g/mol. The van der Waals surface area contributed by atoms with Crippen LogP contribution in [0.2, 0.25) is 0 Å². The number of thioether (sulfide) groups is 1. The zero-order valence-corrected chi connectivity index (χ0v) is 18.4. The summed E-state index contributed by atoms with van der Waals surface area (Å²) < 4.78 is 10.7. The molecule has 0 radical (unpaired) electrons. The smallest absolute Gasteiger partial charge is 0.236 e. The first-order valence-electron chi connectivity index (χ1n) is 9.86. The van der Waals surface area contributed by atoms with Gasteiger partial charge in [-0.3, -0.25) is 4.79 Å². The summed E-state index contributed by atoms with van der Waals surface area (Å²) >= 11 is 1.52. The van der Waals surface area contributed by atoms with Gasteiger partial charge >= 0.3 is 0 Å². The van der Waals surface area contributed by atoms with E-state index in [0.717, 1.165) is 16.0 Å². The number of carbonyl (C=O) groups is 1. The molecule has 156 valence electrons. The number of hydrogen-bond donors (Lipinski definition) is 0. The molecule has 0 aliphatic heterocycles. The number of amides is 1. The maximum atomic E-state index is 13.4. The summed E-state index contributed by atoms with van der Waals surface area (Å²) in [4.78, 5) is 16.3. The molecule has 0 N–H and O–H groups in total. The Balaban J connectivity index is 1.77. The van der Waals surface area contributed by atoms with Crippen molar-refractivity contribution in [2.75, 3.05) is 14.2 Å². The monoisotopic (exact) mass is 421 g/mol. The standard InChI is InChI=1S/C25H27NO3S/c1-19(30-22-14-15-23(28-2)24(16-22)29-3)25(27)26(17-20-10-6-4-7-11-20)18-21-12-8-5-9-13-21/h4-16,19H,17-18H2,1-3H3/t19-/m1/s1. The van der Waals surface area contributed by atoms with Crippen molar-refractivity contribution in [1.29, 1.82) is 0 Å². The van der Waals surface area contributed by atoms with Gasteiger partial charge in [0.05, 0.1) is 19.5 Å². The first-order valence-corrected chi connectivity index (χ1v) is 10.7. The second-order valence-electron chi connectivity index (χ2n) is 6.94. The van der Waals surface area contributed by atoms with Crippen LogP contribution in [-0.2, 0) is 17.9 Å². The van der Waals surface area contributed by atoms with Gasteiger partial charge in [-0.1, -0.05) is 60.7 Å². The Bertz CT molecular complexity index is 906. The van der Waals surface area contributed by atoms with Crippen LogP contribution in [0.5, 0.6) is 11.5 Å². The SMILES string of the molecule is COc1ccc(S[C@H](C)C(=O)N(Cc2ccccc2)Cc2ccccc2)cc1OC. The van der Waals surface area contributed by atoms with E-state index in [2.05, 4.69) is 24.3 Å². The second-order valence-corrected chi connectivity index (χ2v) is 8.36. The van der Waals surface area contributed by atoms with E-state index in [9.17, 15) is 4.79 Å². The Kier molecular flexibility index (Phi) is 7.80. The van der Waals surface area contributed by atoms with Gasteiger partial charge in [0.25, 0.3) is 0 Å². The molecule has 0 heterocycles. The number of hydrogen-bond acceptors (Lipinski definition) is 4. The highest BCUT2D eigenvalue weighted by atomic mass is 32.2. The number of nitrogens with zero attached hydrogens (tertiary/aromatic N) is 1. The molecule has 5 heteroatoms. The fraction of sp³-hybridized carbons (Fsp3) is 0.240. The van der Waals surface area contributed by atoms with Crippen LogP contribution in [0.25, 0.3) is 0 Å². The molecule has 0 aromatic heterocycles. The van der Waals surface area contributed by atoms with Gasteiger partial charge in [-0.25, -0.2) is 0 Å². The van der Waals surface area contributed by atoms with Crippen molar-refractivity contribution in [1.82, 2.24) is 4.90 Å². The molecule has 0 bridgehead atoms. The molecule has 0 aliphatic rings. The molecule has 1 amide bonds. The highest BCUT2D eigenvalue weighted by molar-refractivity contribution is 8.00. The molecule has 3 aromatic carbocycles. The van der Waals surface area contributed by atoms with Crippen LogP contribution >= 0.6 is 11.8 Å². The van der Waals surface area contributed by atoms with E-state index in [1.165, 1.54) is 11.8 Å². The van der Waals surface area contributed by atoms with E-state index >= 15 is 0 Å². The van der Waals surface area contributed by atoms with Crippen molar-refractivity contribution in [3.05, 3.63) is 90.0 Å². The van der Waals surface area contributed by atoms with Crippen molar-refractivity contribution >= 4 is 17.7 Å². The first-order chi connectivity index (χ1) is 14.6. The largest absolute Gasteiger partial charge is 0.493 e. The van der Waals surface area contributed by atoms with Gasteiger partial charge in [0.1, 0.15) is 0 Å². The van der Waals surface area contributed by atoms with Crippen LogP contribution < -0.4 is 9.47 Å². The van der Waals surface area contributed by atoms with Gasteiger partial charge < -0.3 is 14.4 Å². The maximum Gasteiger partial charge on any atom is 0.236 e. The lowest BCUT2D eigenvalue weighted by atomic mass is 10.1. The van der Waals surface area contributed by atoms with Gasteiger partial charge in [-0.2, -0.15) is 0 Å².